The van der Waals surface area contributed by atoms with E-state index >= 15 is 0 Å². The fourth-order valence-corrected chi connectivity index (χ4v) is 12.0. The highest BCUT2D eigenvalue weighted by Crippen LogP contribution is 2.76. The Labute approximate surface area is 274 Å². The second-order valence-corrected chi connectivity index (χ2v) is 17.3. The molecule has 4 aliphatic carbocycles. The third-order valence-corrected chi connectivity index (χ3v) is 14.6. The van der Waals surface area contributed by atoms with Crippen LogP contribution in [0.3, 0.4) is 0 Å². The molecule has 5 fully saturated rings. The fraction of sp³-hybridized carbons (Fsp3) is 0.917. The standard InChI is InChI=1S/C36H60O10/c1-18(2)20(38)10-14-36(8,46-31-29(44)28(43)27(42)23(17-37)45-31)19-9-13-34(6)26(19)21(39)15-24-33(5)12-11-25(41)32(3,4)30(33)22(40)16-35(24,34)7/h19,21-31,37,39-44H,1,9-17H2,2-8H3. The second-order valence-electron chi connectivity index (χ2n) is 17.3. The van der Waals surface area contributed by atoms with Crippen LogP contribution >= 0.6 is 0 Å². The summed E-state index contributed by atoms with van der Waals surface area (Å²) in [6, 6.07) is 0. The number of rotatable bonds is 8. The van der Waals surface area contributed by atoms with Crippen LogP contribution in [0.1, 0.15) is 99.8 Å². The van der Waals surface area contributed by atoms with Gasteiger partial charge >= 0.3 is 0 Å². The van der Waals surface area contributed by atoms with Gasteiger partial charge in [0.1, 0.15) is 24.4 Å². The van der Waals surface area contributed by atoms with E-state index in [1.807, 2.05) is 6.92 Å². The molecule has 10 nitrogen and oxygen atoms in total. The molecule has 0 radical (unpaired) electrons. The smallest absolute Gasteiger partial charge is 0.187 e. The first kappa shape index (κ1) is 36.3. The SMILES string of the molecule is C=C(C)C(=O)CCC(C)(OC1OC(CO)C(O)C(O)C1O)C1CCC2(C)C1C(O)CC1C3(C)CCC(O)C(C)(C)C3C(O)CC12C. The summed E-state index contributed by atoms with van der Waals surface area (Å²) in [6.07, 6.45) is -4.78. The number of aliphatic hydroxyl groups is 7. The largest absolute Gasteiger partial charge is 0.394 e. The molecule has 0 aromatic carbocycles. The molecule has 0 spiro atoms. The zero-order valence-corrected chi connectivity index (χ0v) is 28.9. The molecule has 0 aromatic heterocycles. The third kappa shape index (κ3) is 5.28. The van der Waals surface area contributed by atoms with Crippen LogP contribution in [0, 0.1) is 45.3 Å². The van der Waals surface area contributed by atoms with Crippen molar-refractivity contribution in [3.05, 3.63) is 12.2 Å². The zero-order chi connectivity index (χ0) is 34.4. The van der Waals surface area contributed by atoms with E-state index in [2.05, 4.69) is 41.2 Å². The van der Waals surface area contributed by atoms with Crippen molar-refractivity contribution in [2.75, 3.05) is 6.61 Å². The normalized spacial score (nSPS) is 51.3. The van der Waals surface area contributed by atoms with E-state index < -0.39 is 72.1 Å². The molecule has 4 saturated carbocycles. The van der Waals surface area contributed by atoms with Crippen LogP contribution in [0.15, 0.2) is 12.2 Å². The van der Waals surface area contributed by atoms with Gasteiger partial charge in [-0.25, -0.2) is 0 Å². The van der Waals surface area contributed by atoms with E-state index in [4.69, 9.17) is 9.47 Å². The Morgan fingerprint density at radius 3 is 2.20 bits per heavy atom. The summed E-state index contributed by atoms with van der Waals surface area (Å²) in [5, 5.41) is 76.8. The van der Waals surface area contributed by atoms with Crippen molar-refractivity contribution in [3.8, 4) is 0 Å². The van der Waals surface area contributed by atoms with Crippen LogP contribution in [-0.2, 0) is 14.3 Å². The van der Waals surface area contributed by atoms with Gasteiger partial charge in [-0.05, 0) is 110 Å². The number of ketones is 1. The number of hydrogen-bond donors (Lipinski definition) is 7. The molecule has 0 aromatic rings. The quantitative estimate of drug-likeness (QED) is 0.193. The van der Waals surface area contributed by atoms with Crippen molar-refractivity contribution in [1.82, 2.24) is 0 Å². The van der Waals surface area contributed by atoms with Crippen LogP contribution in [0.4, 0.5) is 0 Å². The highest BCUT2D eigenvalue weighted by Gasteiger charge is 2.73. The number of ether oxygens (including phenoxy) is 2. The maximum Gasteiger partial charge on any atom is 0.187 e. The van der Waals surface area contributed by atoms with Gasteiger partial charge < -0.3 is 45.2 Å². The molecule has 0 amide bonds. The topological polar surface area (TPSA) is 177 Å². The average molecular weight is 653 g/mol. The lowest BCUT2D eigenvalue weighted by Gasteiger charge is -2.71. The van der Waals surface area contributed by atoms with Crippen molar-refractivity contribution in [3.63, 3.8) is 0 Å². The number of hydrogen-bond acceptors (Lipinski definition) is 10. The van der Waals surface area contributed by atoms with Crippen molar-refractivity contribution in [2.24, 2.45) is 45.3 Å². The first-order valence-electron chi connectivity index (χ1n) is 17.4. The summed E-state index contributed by atoms with van der Waals surface area (Å²) in [4.78, 5) is 12.8. The lowest BCUT2D eigenvalue weighted by Crippen LogP contribution is -2.70. The van der Waals surface area contributed by atoms with Crippen LogP contribution in [0.5, 0.6) is 0 Å². The van der Waals surface area contributed by atoms with E-state index in [1.54, 1.807) is 6.92 Å². The molecule has 0 bridgehead atoms. The molecule has 1 heterocycles. The lowest BCUT2D eigenvalue weighted by atomic mass is 9.34. The number of fused-ring (bicyclic) bond motifs is 5. The van der Waals surface area contributed by atoms with Crippen LogP contribution in [-0.4, -0.2) is 103 Å². The fourth-order valence-electron chi connectivity index (χ4n) is 12.0. The Morgan fingerprint density at radius 2 is 1.59 bits per heavy atom. The van der Waals surface area contributed by atoms with Crippen molar-refractivity contribution >= 4 is 5.78 Å². The average Bonchev–Trinajstić information content (AvgIpc) is 3.36. The van der Waals surface area contributed by atoms with Crippen molar-refractivity contribution in [2.45, 2.75) is 154 Å². The van der Waals surface area contributed by atoms with Crippen LogP contribution in [0.25, 0.3) is 0 Å². The van der Waals surface area contributed by atoms with Crippen LogP contribution < -0.4 is 0 Å². The van der Waals surface area contributed by atoms with Crippen molar-refractivity contribution < 1.29 is 50.0 Å². The highest BCUT2D eigenvalue weighted by molar-refractivity contribution is 5.94. The molecule has 7 N–H and O–H groups in total. The molecule has 10 heteroatoms. The van der Waals surface area contributed by atoms with Gasteiger partial charge in [-0.3, -0.25) is 4.79 Å². The van der Waals surface area contributed by atoms with E-state index in [0.717, 1.165) is 12.8 Å². The van der Waals surface area contributed by atoms with Gasteiger partial charge in [0.2, 0.25) is 0 Å². The molecule has 16 atom stereocenters. The van der Waals surface area contributed by atoms with E-state index in [1.165, 1.54) is 0 Å². The number of carbonyl (C=O) groups is 1. The Bertz CT molecular complexity index is 1170. The Morgan fingerprint density at radius 1 is 0.935 bits per heavy atom. The summed E-state index contributed by atoms with van der Waals surface area (Å²) in [5.74, 6) is -0.671. The van der Waals surface area contributed by atoms with Crippen molar-refractivity contribution in [1.29, 1.82) is 0 Å². The minimum atomic E-state index is -1.61. The monoisotopic (exact) mass is 652 g/mol. The number of aliphatic hydroxyl groups excluding tert-OH is 7. The number of Topliss-reactive ketones (excluding diaryl/α,β-unsaturated/α-hetero) is 1. The molecule has 264 valence electrons. The van der Waals surface area contributed by atoms with E-state index in [9.17, 15) is 40.5 Å². The Kier molecular flexibility index (Phi) is 9.58. The first-order chi connectivity index (χ1) is 21.2. The molecule has 5 aliphatic rings. The van der Waals surface area contributed by atoms with Gasteiger partial charge in [-0.2, -0.15) is 0 Å². The molecular formula is C36H60O10. The maximum atomic E-state index is 12.8. The highest BCUT2D eigenvalue weighted by atomic mass is 16.7. The van der Waals surface area contributed by atoms with Gasteiger partial charge in [0, 0.05) is 6.42 Å². The van der Waals surface area contributed by atoms with Gasteiger partial charge in [-0.1, -0.05) is 41.2 Å². The van der Waals surface area contributed by atoms with E-state index in [0.29, 0.717) is 31.3 Å². The third-order valence-electron chi connectivity index (χ3n) is 14.6. The van der Waals surface area contributed by atoms with Gasteiger partial charge in [0.15, 0.2) is 12.1 Å². The predicted molar refractivity (Wildman–Crippen MR) is 170 cm³/mol. The minimum Gasteiger partial charge on any atom is -0.394 e. The summed E-state index contributed by atoms with van der Waals surface area (Å²) in [5.41, 5.74) is -2.20. The molecule has 1 saturated heterocycles. The van der Waals surface area contributed by atoms with Gasteiger partial charge in [0.05, 0.1) is 30.5 Å². The zero-order valence-electron chi connectivity index (χ0n) is 28.9. The molecular weight excluding hydrogens is 592 g/mol. The molecule has 16 unspecified atom stereocenters. The lowest BCUT2D eigenvalue weighted by molar-refractivity contribution is -0.336. The number of carbonyl (C=O) groups excluding carboxylic acids is 1. The molecule has 46 heavy (non-hydrogen) atoms. The van der Waals surface area contributed by atoms with Gasteiger partial charge in [-0.15, -0.1) is 0 Å². The Hall–Kier alpha value is -0.950. The summed E-state index contributed by atoms with van der Waals surface area (Å²) in [7, 11) is 0. The minimum absolute atomic E-state index is 0.109. The van der Waals surface area contributed by atoms with Gasteiger partial charge in [0.25, 0.3) is 0 Å². The first-order valence-corrected chi connectivity index (χ1v) is 17.4. The Balaban J connectivity index is 1.52. The van der Waals surface area contributed by atoms with E-state index in [-0.39, 0.29) is 53.1 Å². The predicted octanol–water partition coefficient (Wildman–Crippen LogP) is 2.47. The number of allylic oxidation sites excluding steroid dienone is 1. The summed E-state index contributed by atoms with van der Waals surface area (Å²) in [6.45, 7) is 17.6. The summed E-state index contributed by atoms with van der Waals surface area (Å²) >= 11 is 0. The summed E-state index contributed by atoms with van der Waals surface area (Å²) < 4.78 is 12.4. The molecule has 1 aliphatic heterocycles. The molecule has 5 rings (SSSR count). The van der Waals surface area contributed by atoms with Crippen LogP contribution in [0.2, 0.25) is 0 Å². The second kappa shape index (κ2) is 12.1. The maximum absolute atomic E-state index is 12.8.